The molecular weight excluding hydrogens is 420 g/mol. The number of carboxylic acids is 2. The lowest BCUT2D eigenvalue weighted by atomic mass is 9.92. The van der Waals surface area contributed by atoms with E-state index in [1.54, 1.807) is 0 Å². The van der Waals surface area contributed by atoms with Crippen LogP contribution in [-0.2, 0) is 22.4 Å². The van der Waals surface area contributed by atoms with Crippen LogP contribution >= 0.6 is 0 Å². The Morgan fingerprint density at radius 3 is 2.39 bits per heavy atom. The zero-order chi connectivity index (χ0) is 23.4. The minimum atomic E-state index is -1.26. The minimum absolute atomic E-state index is 0.0310. The number of carboxylic acid groups (broad SMARTS) is 2. The third-order valence-corrected chi connectivity index (χ3v) is 5.85. The Kier molecular flexibility index (Phi) is 6.58. The zero-order valence-electron chi connectivity index (χ0n) is 18.4. The highest BCUT2D eigenvalue weighted by molar-refractivity contribution is 5.99. The van der Waals surface area contributed by atoms with Crippen molar-refractivity contribution in [2.75, 3.05) is 18.5 Å². The SMILES string of the molecule is CN1CC(c2ccccc2)Oc2cccc3nc4c(c1c23)CCCC4.O=C(O)/C=C\C(=O)O. The molecule has 5 rings (SSSR count). The lowest BCUT2D eigenvalue weighted by molar-refractivity contribution is -0.134. The van der Waals surface area contributed by atoms with Gasteiger partial charge in [-0.1, -0.05) is 36.4 Å². The van der Waals surface area contributed by atoms with Crippen LogP contribution in [0.25, 0.3) is 10.9 Å². The highest BCUT2D eigenvalue weighted by Gasteiger charge is 2.28. The van der Waals surface area contributed by atoms with Crippen LogP contribution in [0.3, 0.4) is 0 Å². The molecule has 1 aliphatic heterocycles. The molecule has 0 saturated carbocycles. The number of benzene rings is 2. The fourth-order valence-corrected chi connectivity index (χ4v) is 4.45. The third-order valence-electron chi connectivity index (χ3n) is 5.85. The normalized spacial score (nSPS) is 16.9. The Balaban J connectivity index is 0.000000281. The van der Waals surface area contributed by atoms with Gasteiger partial charge in [-0.3, -0.25) is 4.98 Å². The fraction of sp³-hybridized carbons (Fsp3) is 0.269. The molecule has 0 spiro atoms. The van der Waals surface area contributed by atoms with Gasteiger partial charge < -0.3 is 19.8 Å². The molecule has 0 fully saturated rings. The van der Waals surface area contributed by atoms with Crippen molar-refractivity contribution in [2.45, 2.75) is 31.8 Å². The largest absolute Gasteiger partial charge is 0.483 e. The van der Waals surface area contributed by atoms with Crippen LogP contribution in [0.5, 0.6) is 5.75 Å². The molecule has 7 nitrogen and oxygen atoms in total. The minimum Gasteiger partial charge on any atom is -0.483 e. The first-order chi connectivity index (χ1) is 15.9. The Morgan fingerprint density at radius 2 is 1.70 bits per heavy atom. The Labute approximate surface area is 191 Å². The highest BCUT2D eigenvalue weighted by atomic mass is 16.5. The average Bonchev–Trinajstić information content (AvgIpc) is 2.96. The summed E-state index contributed by atoms with van der Waals surface area (Å²) >= 11 is 0. The Hall–Kier alpha value is -3.87. The Bertz CT molecular complexity index is 1190. The van der Waals surface area contributed by atoms with E-state index in [-0.39, 0.29) is 6.10 Å². The van der Waals surface area contributed by atoms with Gasteiger partial charge in [-0.2, -0.15) is 0 Å². The molecule has 1 atom stereocenters. The van der Waals surface area contributed by atoms with E-state index in [9.17, 15) is 9.59 Å². The summed E-state index contributed by atoms with van der Waals surface area (Å²) < 4.78 is 6.49. The predicted octanol–water partition coefficient (Wildman–Crippen LogP) is 4.40. The molecule has 7 heteroatoms. The molecule has 2 aliphatic rings. The molecule has 2 N–H and O–H groups in total. The molecule has 0 radical (unpaired) electrons. The number of hydrogen-bond acceptors (Lipinski definition) is 5. The number of carbonyl (C=O) groups is 2. The fourth-order valence-electron chi connectivity index (χ4n) is 4.45. The van der Waals surface area contributed by atoms with Gasteiger partial charge in [0.2, 0.25) is 0 Å². The van der Waals surface area contributed by atoms with Gasteiger partial charge in [0.05, 0.1) is 23.1 Å². The van der Waals surface area contributed by atoms with Crippen molar-refractivity contribution in [2.24, 2.45) is 0 Å². The number of aryl methyl sites for hydroxylation is 1. The van der Waals surface area contributed by atoms with Gasteiger partial charge >= 0.3 is 11.9 Å². The summed E-state index contributed by atoms with van der Waals surface area (Å²) in [5, 5.41) is 16.8. The van der Waals surface area contributed by atoms with E-state index in [4.69, 9.17) is 19.9 Å². The molecule has 2 aromatic carbocycles. The maximum atomic E-state index is 9.55. The summed E-state index contributed by atoms with van der Waals surface area (Å²) in [6.07, 6.45) is 5.87. The van der Waals surface area contributed by atoms with Crippen molar-refractivity contribution in [3.05, 3.63) is 77.5 Å². The number of ether oxygens (including phenoxy) is 1. The summed E-state index contributed by atoms with van der Waals surface area (Å²) in [5.41, 5.74) is 6.35. The first kappa shape index (κ1) is 22.3. The summed E-state index contributed by atoms with van der Waals surface area (Å²) in [6.45, 7) is 0.851. The molecule has 3 aromatic rings. The summed E-state index contributed by atoms with van der Waals surface area (Å²) in [7, 11) is 2.20. The Morgan fingerprint density at radius 1 is 1.00 bits per heavy atom. The number of pyridine rings is 1. The monoisotopic (exact) mass is 446 g/mol. The van der Waals surface area contributed by atoms with Gasteiger partial charge in [0, 0.05) is 24.9 Å². The third kappa shape index (κ3) is 4.98. The smallest absolute Gasteiger partial charge is 0.328 e. The lowest BCUT2D eigenvalue weighted by Gasteiger charge is -2.27. The molecule has 33 heavy (non-hydrogen) atoms. The topological polar surface area (TPSA) is 100.0 Å². The van der Waals surface area contributed by atoms with Crippen molar-refractivity contribution >= 4 is 28.5 Å². The highest BCUT2D eigenvalue weighted by Crippen LogP contribution is 2.43. The van der Waals surface area contributed by atoms with E-state index < -0.39 is 11.9 Å². The maximum absolute atomic E-state index is 9.55. The second-order valence-electron chi connectivity index (χ2n) is 8.15. The molecule has 170 valence electrons. The van der Waals surface area contributed by atoms with Gasteiger partial charge in [-0.25, -0.2) is 9.59 Å². The number of rotatable bonds is 3. The van der Waals surface area contributed by atoms with E-state index in [2.05, 4.69) is 60.5 Å². The van der Waals surface area contributed by atoms with Crippen molar-refractivity contribution in [1.82, 2.24) is 4.98 Å². The van der Waals surface area contributed by atoms with Crippen LogP contribution in [0.2, 0.25) is 0 Å². The second-order valence-corrected chi connectivity index (χ2v) is 8.15. The van der Waals surface area contributed by atoms with Crippen LogP contribution in [0.1, 0.15) is 35.8 Å². The number of aliphatic carboxylic acids is 2. The van der Waals surface area contributed by atoms with Crippen LogP contribution in [0.15, 0.2) is 60.7 Å². The van der Waals surface area contributed by atoms with Gasteiger partial charge in [0.1, 0.15) is 11.9 Å². The summed E-state index contributed by atoms with van der Waals surface area (Å²) in [4.78, 5) is 26.5. The molecular formula is C26H26N2O5. The van der Waals surface area contributed by atoms with Crippen LogP contribution in [-0.4, -0.2) is 40.7 Å². The van der Waals surface area contributed by atoms with E-state index in [0.717, 1.165) is 30.7 Å². The second kappa shape index (κ2) is 9.73. The standard InChI is InChI=1S/C22H22N2O.C4H4O4/c1-24-14-20(15-8-3-2-4-9-15)25-19-13-7-12-18-21(19)22(24)16-10-5-6-11-17(16)23-18;5-3(6)1-2-4(7)8/h2-4,7-9,12-13,20H,5-6,10-11,14H2,1H3;1-2H,(H,5,6)(H,7,8)/b;2-1-. The maximum Gasteiger partial charge on any atom is 0.328 e. The number of fused-ring (bicyclic) bond motifs is 2. The van der Waals surface area contributed by atoms with Gasteiger partial charge in [-0.05, 0) is 48.9 Å². The zero-order valence-corrected chi connectivity index (χ0v) is 18.4. The van der Waals surface area contributed by atoms with Crippen molar-refractivity contribution in [1.29, 1.82) is 0 Å². The number of nitrogens with zero attached hydrogens (tertiary/aromatic N) is 2. The first-order valence-electron chi connectivity index (χ1n) is 10.9. The van der Waals surface area contributed by atoms with Crippen LogP contribution in [0.4, 0.5) is 5.69 Å². The van der Waals surface area contributed by atoms with Gasteiger partial charge in [0.15, 0.2) is 0 Å². The average molecular weight is 447 g/mol. The lowest BCUT2D eigenvalue weighted by Crippen LogP contribution is -2.27. The molecule has 1 unspecified atom stereocenters. The number of aromatic nitrogens is 1. The number of likely N-dealkylation sites (N-methyl/N-ethyl adjacent to an activating group) is 1. The number of hydrogen-bond donors (Lipinski definition) is 2. The molecule has 0 saturated heterocycles. The molecule has 0 bridgehead atoms. The van der Waals surface area contributed by atoms with Gasteiger partial charge in [0.25, 0.3) is 0 Å². The van der Waals surface area contributed by atoms with Crippen LogP contribution < -0.4 is 9.64 Å². The molecule has 1 aromatic heterocycles. The number of anilines is 1. The van der Waals surface area contributed by atoms with Gasteiger partial charge in [-0.15, -0.1) is 0 Å². The summed E-state index contributed by atoms with van der Waals surface area (Å²) in [6, 6.07) is 16.8. The van der Waals surface area contributed by atoms with Crippen LogP contribution in [0, 0.1) is 0 Å². The van der Waals surface area contributed by atoms with Crippen molar-refractivity contribution in [3.8, 4) is 5.75 Å². The van der Waals surface area contributed by atoms with Crippen molar-refractivity contribution in [3.63, 3.8) is 0 Å². The summed E-state index contributed by atoms with van der Waals surface area (Å²) in [5.74, 6) is -1.55. The predicted molar refractivity (Wildman–Crippen MR) is 126 cm³/mol. The van der Waals surface area contributed by atoms with E-state index >= 15 is 0 Å². The van der Waals surface area contributed by atoms with E-state index in [1.165, 1.54) is 40.7 Å². The van der Waals surface area contributed by atoms with Crippen molar-refractivity contribution < 1.29 is 24.5 Å². The molecule has 0 amide bonds. The van der Waals surface area contributed by atoms with E-state index in [1.807, 2.05) is 0 Å². The molecule has 1 aliphatic carbocycles. The van der Waals surface area contributed by atoms with E-state index in [0.29, 0.717) is 12.2 Å². The molecule has 2 heterocycles. The first-order valence-corrected chi connectivity index (χ1v) is 10.9. The quantitative estimate of drug-likeness (QED) is 0.576.